The minimum atomic E-state index is 0.0781. The molecule has 0 aromatic carbocycles. The fourth-order valence-corrected chi connectivity index (χ4v) is 2.29. The van der Waals surface area contributed by atoms with Crippen molar-refractivity contribution in [2.24, 2.45) is 11.8 Å². The van der Waals surface area contributed by atoms with Gasteiger partial charge in [0, 0.05) is 7.11 Å². The molecule has 17 heavy (non-hydrogen) atoms. The molecule has 0 saturated heterocycles. The van der Waals surface area contributed by atoms with Crippen LogP contribution in [-0.4, -0.2) is 23.5 Å². The van der Waals surface area contributed by atoms with Crippen LogP contribution in [0.4, 0.5) is 0 Å². The number of hydrazine groups is 1. The molecular formula is C11H19ClN4O. The second kappa shape index (κ2) is 5.82. The SMILES string of the molecule is COCCn1ncc(Cl)c1C(CC1CC1)NN. The summed E-state index contributed by atoms with van der Waals surface area (Å²) < 4.78 is 6.94. The van der Waals surface area contributed by atoms with Gasteiger partial charge in [-0.15, -0.1) is 0 Å². The lowest BCUT2D eigenvalue weighted by molar-refractivity contribution is 0.181. The molecule has 0 radical (unpaired) electrons. The molecule has 0 bridgehead atoms. The van der Waals surface area contributed by atoms with Crippen LogP contribution >= 0.6 is 11.6 Å². The summed E-state index contributed by atoms with van der Waals surface area (Å²) in [6.45, 7) is 1.31. The highest BCUT2D eigenvalue weighted by atomic mass is 35.5. The molecule has 1 atom stereocenters. The fourth-order valence-electron chi connectivity index (χ4n) is 2.02. The number of hydrogen-bond donors (Lipinski definition) is 2. The maximum atomic E-state index is 6.18. The quantitative estimate of drug-likeness (QED) is 0.575. The van der Waals surface area contributed by atoms with Gasteiger partial charge in [0.15, 0.2) is 0 Å². The zero-order valence-electron chi connectivity index (χ0n) is 10.0. The van der Waals surface area contributed by atoms with Crippen molar-refractivity contribution in [3.8, 4) is 0 Å². The fraction of sp³-hybridized carbons (Fsp3) is 0.727. The van der Waals surface area contributed by atoms with Crippen LogP contribution in [0.1, 0.15) is 31.0 Å². The van der Waals surface area contributed by atoms with Crippen molar-refractivity contribution in [1.29, 1.82) is 0 Å². The number of ether oxygens (including phenoxy) is 1. The van der Waals surface area contributed by atoms with Crippen molar-refractivity contribution >= 4 is 11.6 Å². The van der Waals surface area contributed by atoms with Crippen molar-refractivity contribution < 1.29 is 4.74 Å². The summed E-state index contributed by atoms with van der Waals surface area (Å²) in [6.07, 6.45) is 5.28. The summed E-state index contributed by atoms with van der Waals surface area (Å²) >= 11 is 6.18. The van der Waals surface area contributed by atoms with Crippen molar-refractivity contribution in [2.75, 3.05) is 13.7 Å². The van der Waals surface area contributed by atoms with Crippen molar-refractivity contribution in [1.82, 2.24) is 15.2 Å². The molecule has 1 aromatic heterocycles. The van der Waals surface area contributed by atoms with E-state index in [4.69, 9.17) is 22.2 Å². The lowest BCUT2D eigenvalue weighted by Crippen LogP contribution is -2.31. The standard InChI is InChI=1S/C11H19ClN4O/c1-17-5-4-16-11(9(12)7-14-16)10(15-13)6-8-2-3-8/h7-8,10,15H,2-6,13H2,1H3. The third-order valence-corrected chi connectivity index (χ3v) is 3.43. The van der Waals surface area contributed by atoms with Gasteiger partial charge in [-0.3, -0.25) is 16.0 Å². The maximum absolute atomic E-state index is 6.18. The molecule has 0 spiro atoms. The van der Waals surface area contributed by atoms with E-state index in [1.807, 2.05) is 4.68 Å². The Bertz CT molecular complexity index is 364. The summed E-state index contributed by atoms with van der Waals surface area (Å²) in [6, 6.07) is 0.0781. The van der Waals surface area contributed by atoms with Gasteiger partial charge in [0.05, 0.1) is 36.1 Å². The summed E-state index contributed by atoms with van der Waals surface area (Å²) in [7, 11) is 1.67. The van der Waals surface area contributed by atoms with Gasteiger partial charge in [0.1, 0.15) is 0 Å². The Morgan fingerprint density at radius 2 is 2.47 bits per heavy atom. The molecule has 1 heterocycles. The molecule has 0 amide bonds. The Morgan fingerprint density at radius 1 is 1.71 bits per heavy atom. The number of nitrogens with one attached hydrogen (secondary N) is 1. The highest BCUT2D eigenvalue weighted by molar-refractivity contribution is 6.31. The van der Waals surface area contributed by atoms with E-state index >= 15 is 0 Å². The largest absolute Gasteiger partial charge is 0.383 e. The van der Waals surface area contributed by atoms with Crippen molar-refractivity contribution in [3.63, 3.8) is 0 Å². The molecule has 1 aliphatic rings. The zero-order valence-corrected chi connectivity index (χ0v) is 10.8. The molecule has 1 unspecified atom stereocenters. The van der Waals surface area contributed by atoms with Gasteiger partial charge < -0.3 is 4.74 Å². The van der Waals surface area contributed by atoms with E-state index in [0.29, 0.717) is 18.2 Å². The molecule has 1 fully saturated rings. The average Bonchev–Trinajstić information content (AvgIpc) is 3.08. The Balaban J connectivity index is 2.11. The Labute approximate surface area is 106 Å². The minimum absolute atomic E-state index is 0.0781. The van der Waals surface area contributed by atoms with Crippen molar-refractivity contribution in [2.45, 2.75) is 31.8 Å². The molecule has 1 saturated carbocycles. The van der Waals surface area contributed by atoms with Gasteiger partial charge in [0.2, 0.25) is 0 Å². The van der Waals surface area contributed by atoms with Crippen LogP contribution in [0, 0.1) is 5.92 Å². The molecule has 5 nitrogen and oxygen atoms in total. The van der Waals surface area contributed by atoms with Gasteiger partial charge in [-0.1, -0.05) is 24.4 Å². The van der Waals surface area contributed by atoms with Gasteiger partial charge >= 0.3 is 0 Å². The third kappa shape index (κ3) is 3.19. The van der Waals surface area contributed by atoms with Crippen LogP contribution in [0.3, 0.4) is 0 Å². The maximum Gasteiger partial charge on any atom is 0.0834 e. The minimum Gasteiger partial charge on any atom is -0.383 e. The summed E-state index contributed by atoms with van der Waals surface area (Å²) in [5.41, 5.74) is 3.82. The van der Waals surface area contributed by atoms with Gasteiger partial charge in [-0.25, -0.2) is 0 Å². The second-order valence-electron chi connectivity index (χ2n) is 4.49. The first-order valence-corrected chi connectivity index (χ1v) is 6.30. The summed E-state index contributed by atoms with van der Waals surface area (Å²) in [4.78, 5) is 0. The van der Waals surface area contributed by atoms with Crippen molar-refractivity contribution in [3.05, 3.63) is 16.9 Å². The van der Waals surface area contributed by atoms with Crippen LogP contribution in [0.15, 0.2) is 6.20 Å². The zero-order chi connectivity index (χ0) is 12.3. The van der Waals surface area contributed by atoms with Crippen LogP contribution < -0.4 is 11.3 Å². The molecule has 0 aliphatic heterocycles. The highest BCUT2D eigenvalue weighted by Gasteiger charge is 2.28. The van der Waals surface area contributed by atoms with E-state index in [-0.39, 0.29) is 6.04 Å². The molecule has 2 rings (SSSR count). The van der Waals surface area contributed by atoms with Crippen LogP contribution in [0.5, 0.6) is 0 Å². The molecule has 96 valence electrons. The van der Waals surface area contributed by atoms with E-state index in [2.05, 4.69) is 10.5 Å². The van der Waals surface area contributed by atoms with Gasteiger partial charge in [-0.2, -0.15) is 5.10 Å². The lowest BCUT2D eigenvalue weighted by atomic mass is 10.1. The van der Waals surface area contributed by atoms with E-state index < -0.39 is 0 Å². The summed E-state index contributed by atoms with van der Waals surface area (Å²) in [5.74, 6) is 6.40. The van der Waals surface area contributed by atoms with Gasteiger partial charge in [0.25, 0.3) is 0 Å². The predicted octanol–water partition coefficient (Wildman–Crippen LogP) is 1.49. The molecular weight excluding hydrogens is 240 g/mol. The first-order chi connectivity index (χ1) is 8.26. The number of nitrogens with two attached hydrogens (primary N) is 1. The number of aromatic nitrogens is 2. The molecule has 1 aromatic rings. The topological polar surface area (TPSA) is 65.1 Å². The lowest BCUT2D eigenvalue weighted by Gasteiger charge is -2.18. The number of nitrogens with zero attached hydrogens (tertiary/aromatic N) is 2. The first-order valence-electron chi connectivity index (χ1n) is 5.92. The predicted molar refractivity (Wildman–Crippen MR) is 66.5 cm³/mol. The number of methoxy groups -OCH3 is 1. The average molecular weight is 259 g/mol. The normalized spacial score (nSPS) is 17.4. The van der Waals surface area contributed by atoms with E-state index in [1.165, 1.54) is 12.8 Å². The van der Waals surface area contributed by atoms with E-state index in [1.54, 1.807) is 13.3 Å². The molecule has 3 N–H and O–H groups in total. The Hall–Kier alpha value is -0.620. The van der Waals surface area contributed by atoms with Crippen LogP contribution in [-0.2, 0) is 11.3 Å². The number of rotatable bonds is 7. The monoisotopic (exact) mass is 258 g/mol. The molecule has 1 aliphatic carbocycles. The highest BCUT2D eigenvalue weighted by Crippen LogP contribution is 2.38. The Morgan fingerprint density at radius 3 is 3.06 bits per heavy atom. The molecule has 6 heteroatoms. The van der Waals surface area contributed by atoms with E-state index in [9.17, 15) is 0 Å². The summed E-state index contributed by atoms with van der Waals surface area (Å²) in [5, 5.41) is 4.93. The third-order valence-electron chi connectivity index (χ3n) is 3.14. The van der Waals surface area contributed by atoms with Gasteiger partial charge in [-0.05, 0) is 12.3 Å². The first kappa shape index (κ1) is 12.8. The number of halogens is 1. The van der Waals surface area contributed by atoms with Crippen LogP contribution in [0.2, 0.25) is 5.02 Å². The second-order valence-corrected chi connectivity index (χ2v) is 4.90. The Kier molecular flexibility index (Phi) is 4.39. The van der Waals surface area contributed by atoms with Crippen LogP contribution in [0.25, 0.3) is 0 Å². The van der Waals surface area contributed by atoms with E-state index in [0.717, 1.165) is 18.0 Å². The smallest absolute Gasteiger partial charge is 0.0834 e. The number of hydrogen-bond acceptors (Lipinski definition) is 4.